The Hall–Kier alpha value is 0.411. The second-order valence-electron chi connectivity index (χ2n) is 15.7. The van der Waals surface area contributed by atoms with Gasteiger partial charge in [0.25, 0.3) is 0 Å². The van der Waals surface area contributed by atoms with Gasteiger partial charge in [-0.15, -0.1) is 0 Å². The monoisotopic (exact) mass is 578 g/mol. The van der Waals surface area contributed by atoms with Crippen molar-refractivity contribution in [3.05, 3.63) is 0 Å². The maximum absolute atomic E-state index is 11.8. The average molecular weight is 579 g/mol. The Bertz CT molecular complexity index is 721. The van der Waals surface area contributed by atoms with Crippen LogP contribution in [0.2, 0.25) is 54.4 Å². The lowest BCUT2D eigenvalue weighted by Crippen LogP contribution is -2.55. The van der Waals surface area contributed by atoms with Crippen LogP contribution >= 0.6 is 0 Å². The van der Waals surface area contributed by atoms with Crippen molar-refractivity contribution in [2.24, 2.45) is 0 Å². The molecule has 0 bridgehead atoms. The van der Waals surface area contributed by atoms with Crippen LogP contribution in [0.25, 0.3) is 0 Å². The summed E-state index contributed by atoms with van der Waals surface area (Å²) in [5, 5.41) is 23.1. The summed E-state index contributed by atoms with van der Waals surface area (Å²) in [6.07, 6.45) is -1.97. The van der Waals surface area contributed by atoms with Gasteiger partial charge in [-0.1, -0.05) is 82.1 Å². The van der Waals surface area contributed by atoms with Gasteiger partial charge >= 0.3 is 0 Å². The highest BCUT2D eigenvalue weighted by atomic mass is 28.4. The van der Waals surface area contributed by atoms with E-state index in [-0.39, 0.29) is 15.1 Å². The molecule has 0 aromatic heterocycles. The van der Waals surface area contributed by atoms with Crippen molar-refractivity contribution in [3.63, 3.8) is 0 Å². The van der Waals surface area contributed by atoms with Crippen LogP contribution < -0.4 is 0 Å². The fourth-order valence-corrected chi connectivity index (χ4v) is 7.33. The van der Waals surface area contributed by atoms with Gasteiger partial charge in [0.15, 0.2) is 31.2 Å². The van der Waals surface area contributed by atoms with E-state index in [9.17, 15) is 10.2 Å². The summed E-state index contributed by atoms with van der Waals surface area (Å²) in [5.41, 5.74) is 0. The summed E-state index contributed by atoms with van der Waals surface area (Å²) >= 11 is 0. The van der Waals surface area contributed by atoms with Crippen molar-refractivity contribution < 1.29 is 28.2 Å². The zero-order chi connectivity index (χ0) is 29.4. The van der Waals surface area contributed by atoms with E-state index in [1.807, 2.05) is 0 Å². The van der Waals surface area contributed by atoms with Crippen LogP contribution in [-0.2, 0) is 18.0 Å². The quantitative estimate of drug-likeness (QED) is 0.248. The molecule has 9 heteroatoms. The molecule has 1 heterocycles. The zero-order valence-corrected chi connectivity index (χ0v) is 30.1. The zero-order valence-electron chi connectivity index (χ0n) is 27.1. The number of hydrogen-bond donors (Lipinski definition) is 2. The molecule has 0 spiro atoms. The highest BCUT2D eigenvalue weighted by Crippen LogP contribution is 2.45. The second kappa shape index (κ2) is 12.1. The molecule has 1 saturated heterocycles. The summed E-state index contributed by atoms with van der Waals surface area (Å²) in [6.45, 7) is 35.0. The van der Waals surface area contributed by atoms with Gasteiger partial charge in [0, 0.05) is 0 Å². The van der Waals surface area contributed by atoms with Gasteiger partial charge in [-0.2, -0.15) is 0 Å². The summed E-state index contributed by atoms with van der Waals surface area (Å²) in [6, 6.07) is 0. The highest BCUT2D eigenvalue weighted by molar-refractivity contribution is 6.75. The molecule has 1 aliphatic heterocycles. The third kappa shape index (κ3) is 8.70. The Morgan fingerprint density at radius 3 is 1.59 bits per heavy atom. The van der Waals surface area contributed by atoms with Crippen molar-refractivity contribution >= 4 is 25.0 Å². The van der Waals surface area contributed by atoms with E-state index < -0.39 is 61.8 Å². The summed E-state index contributed by atoms with van der Waals surface area (Å²) < 4.78 is 27.0. The van der Waals surface area contributed by atoms with Crippen LogP contribution in [0, 0.1) is 0 Å². The van der Waals surface area contributed by atoms with E-state index in [4.69, 9.17) is 18.0 Å². The van der Waals surface area contributed by atoms with E-state index in [0.717, 1.165) is 12.8 Å². The number of unbranched alkanes of at least 4 members (excludes halogenated alkanes) is 1. The van der Waals surface area contributed by atoms with Gasteiger partial charge in [-0.25, -0.2) is 0 Å². The Morgan fingerprint density at radius 1 is 0.757 bits per heavy atom. The number of ether oxygens (including phenoxy) is 1. The molecule has 222 valence electrons. The molecule has 37 heavy (non-hydrogen) atoms. The molecule has 0 aromatic rings. The molecule has 0 aromatic carbocycles. The van der Waals surface area contributed by atoms with Crippen molar-refractivity contribution in [1.82, 2.24) is 0 Å². The van der Waals surface area contributed by atoms with Gasteiger partial charge in [-0.3, -0.25) is 0 Å². The van der Waals surface area contributed by atoms with Crippen LogP contribution in [0.15, 0.2) is 0 Å². The fourth-order valence-electron chi connectivity index (χ4n) is 3.60. The maximum atomic E-state index is 11.8. The third-order valence-corrected chi connectivity index (χ3v) is 22.9. The number of hydrogen-bond acceptors (Lipinski definition) is 6. The molecule has 0 radical (unpaired) electrons. The molecule has 0 aliphatic carbocycles. The first kappa shape index (κ1) is 35.4. The summed E-state index contributed by atoms with van der Waals surface area (Å²) in [4.78, 5) is 0. The van der Waals surface area contributed by atoms with Crippen LogP contribution in [-0.4, -0.2) is 72.0 Å². The number of aliphatic hydroxyl groups excluding tert-OH is 2. The standard InChI is InChI=1S/C28H62O6Si3/c1-17-18-19-20(29)22(32-35(11,12)26(2,3)4)23-21(30)24(33-36(13,14)27(5,6)7)25(31-23)34-37(15,16)28(8,9)10/h20-25,29-30H,17-19H2,1-16H3/t20-,21-,22+,23-,24+,25-/m0/s1. The lowest BCUT2D eigenvalue weighted by molar-refractivity contribution is -0.150. The van der Waals surface area contributed by atoms with Gasteiger partial charge in [0.05, 0.1) is 12.2 Å². The molecule has 6 atom stereocenters. The second-order valence-corrected chi connectivity index (χ2v) is 30.0. The lowest BCUT2D eigenvalue weighted by Gasteiger charge is -2.43. The first-order valence-corrected chi connectivity index (χ1v) is 23.1. The molecule has 1 aliphatic rings. The molecular formula is C28H62O6Si3. The molecule has 6 nitrogen and oxygen atoms in total. The molecule has 1 rings (SSSR count). The molecule has 2 N–H and O–H groups in total. The van der Waals surface area contributed by atoms with E-state index in [1.54, 1.807) is 0 Å². The predicted molar refractivity (Wildman–Crippen MR) is 163 cm³/mol. The topological polar surface area (TPSA) is 77.4 Å². The molecule has 0 saturated carbocycles. The minimum Gasteiger partial charge on any atom is -0.409 e. The largest absolute Gasteiger partial charge is 0.409 e. The average Bonchev–Trinajstić information content (AvgIpc) is 2.96. The van der Waals surface area contributed by atoms with Crippen molar-refractivity contribution in [2.45, 2.75) is 180 Å². The maximum Gasteiger partial charge on any atom is 0.195 e. The van der Waals surface area contributed by atoms with Crippen molar-refractivity contribution in [1.29, 1.82) is 0 Å². The van der Waals surface area contributed by atoms with Crippen LogP contribution in [0.4, 0.5) is 0 Å². The Labute approximate surface area is 232 Å². The van der Waals surface area contributed by atoms with Gasteiger partial charge in [0.2, 0.25) is 0 Å². The van der Waals surface area contributed by atoms with Crippen molar-refractivity contribution in [3.8, 4) is 0 Å². The van der Waals surface area contributed by atoms with E-state index in [0.29, 0.717) is 6.42 Å². The Balaban J connectivity index is 3.52. The first-order valence-electron chi connectivity index (χ1n) is 14.3. The first-order chi connectivity index (χ1) is 16.3. The molecule has 0 unspecified atom stereocenters. The van der Waals surface area contributed by atoms with Gasteiger partial charge in [-0.05, 0) is 60.8 Å². The number of aliphatic hydroxyl groups is 2. The van der Waals surface area contributed by atoms with Crippen LogP contribution in [0.5, 0.6) is 0 Å². The Kier molecular flexibility index (Phi) is 11.6. The number of rotatable bonds is 11. The molecule has 1 fully saturated rings. The summed E-state index contributed by atoms with van der Waals surface area (Å²) in [7, 11) is -6.79. The van der Waals surface area contributed by atoms with Crippen LogP contribution in [0.3, 0.4) is 0 Å². The van der Waals surface area contributed by atoms with Gasteiger partial charge in [0.1, 0.15) is 18.3 Å². The normalized spacial score (nSPS) is 26.4. The van der Waals surface area contributed by atoms with E-state index >= 15 is 0 Å². The minimum atomic E-state index is -2.28. The highest BCUT2D eigenvalue weighted by Gasteiger charge is 2.56. The van der Waals surface area contributed by atoms with Crippen molar-refractivity contribution in [2.75, 3.05) is 0 Å². The Morgan fingerprint density at radius 2 is 1.19 bits per heavy atom. The predicted octanol–water partition coefficient (Wildman–Crippen LogP) is 7.43. The molecule has 0 amide bonds. The molecular weight excluding hydrogens is 517 g/mol. The lowest BCUT2D eigenvalue weighted by atomic mass is 9.98. The third-order valence-electron chi connectivity index (χ3n) is 9.48. The smallest absolute Gasteiger partial charge is 0.195 e. The van der Waals surface area contributed by atoms with E-state index in [2.05, 4.69) is 109 Å². The SMILES string of the molecule is CCCC[C@H](O)[C@@H](O[Si](C)(C)C(C)(C)C)[C@H]1O[C@@H](O[Si](C)(C)C(C)(C)C)[C@H](O[Si](C)(C)C(C)(C)C)[C@H]1O. The van der Waals surface area contributed by atoms with Crippen LogP contribution in [0.1, 0.15) is 88.5 Å². The van der Waals surface area contributed by atoms with Gasteiger partial charge < -0.3 is 28.2 Å². The summed E-state index contributed by atoms with van der Waals surface area (Å²) in [5.74, 6) is 0. The van der Waals surface area contributed by atoms with E-state index in [1.165, 1.54) is 0 Å². The fraction of sp³-hybridized carbons (Fsp3) is 1.00. The minimum absolute atomic E-state index is 0.0292.